The van der Waals surface area contributed by atoms with Crippen molar-refractivity contribution in [3.05, 3.63) is 112 Å². The molecule has 0 aliphatic carbocycles. The minimum Gasteiger partial charge on any atom is -0.478 e. The monoisotopic (exact) mass is 561 g/mol. The first-order chi connectivity index (χ1) is 18.5. The van der Waals surface area contributed by atoms with Gasteiger partial charge in [-0.25, -0.2) is 9.79 Å². The Morgan fingerprint density at radius 2 is 2.03 bits per heavy atom. The first-order valence-corrected chi connectivity index (χ1v) is 13.7. The van der Waals surface area contributed by atoms with Crippen LogP contribution in [0.15, 0.2) is 81.4 Å². The fourth-order valence-electron chi connectivity index (χ4n) is 4.17. The number of halogens is 1. The molecule has 1 aliphatic rings. The van der Waals surface area contributed by atoms with Gasteiger partial charge in [-0.3, -0.25) is 9.36 Å². The summed E-state index contributed by atoms with van der Waals surface area (Å²) in [7, 11) is 0. The van der Waals surface area contributed by atoms with E-state index in [4.69, 9.17) is 31.3 Å². The molecule has 7 nitrogen and oxygen atoms in total. The summed E-state index contributed by atoms with van der Waals surface area (Å²) >= 11 is 8.88. The number of thiazole rings is 1. The molecule has 2 aromatic carbocycles. The third kappa shape index (κ3) is 4.94. The van der Waals surface area contributed by atoms with Crippen LogP contribution in [0.25, 0.3) is 11.8 Å². The van der Waals surface area contributed by atoms with Crippen LogP contribution < -0.4 is 19.6 Å². The molecule has 0 fully saturated rings. The number of aromatic nitrogens is 1. The van der Waals surface area contributed by atoms with Crippen molar-refractivity contribution < 1.29 is 14.3 Å². The molecule has 0 bridgehead atoms. The molecular weight excluding hydrogens is 542 g/mol. The van der Waals surface area contributed by atoms with Gasteiger partial charge in [0.25, 0.3) is 5.56 Å². The molecule has 0 saturated heterocycles. The van der Waals surface area contributed by atoms with Crippen LogP contribution in [0, 0.1) is 11.3 Å². The number of benzene rings is 2. The second-order valence-electron chi connectivity index (χ2n) is 8.08. The molecular formula is C28H20ClN3O4S2. The number of nitriles is 1. The van der Waals surface area contributed by atoms with Gasteiger partial charge in [-0.1, -0.05) is 59.3 Å². The second kappa shape index (κ2) is 11.2. The van der Waals surface area contributed by atoms with Gasteiger partial charge in [0.2, 0.25) is 0 Å². The van der Waals surface area contributed by atoms with E-state index < -0.39 is 12.0 Å². The van der Waals surface area contributed by atoms with Crippen LogP contribution in [0.1, 0.15) is 29.0 Å². The summed E-state index contributed by atoms with van der Waals surface area (Å²) in [5, 5.41) is 11.3. The number of ether oxygens (including phenoxy) is 2. The summed E-state index contributed by atoms with van der Waals surface area (Å²) in [6.45, 7) is 1.78. The lowest BCUT2D eigenvalue weighted by Gasteiger charge is -2.24. The molecule has 1 atom stereocenters. The van der Waals surface area contributed by atoms with Gasteiger partial charge in [0.05, 0.1) is 22.4 Å². The number of carbonyl (C=O) groups excluding carboxylic acids is 1. The third-order valence-corrected chi connectivity index (χ3v) is 7.88. The normalized spacial score (nSPS) is 15.0. The van der Waals surface area contributed by atoms with Gasteiger partial charge in [0.1, 0.15) is 17.9 Å². The maximum Gasteiger partial charge on any atom is 0.338 e. The Bertz CT molecular complexity index is 1750. The highest BCUT2D eigenvalue weighted by molar-refractivity contribution is 7.10. The minimum atomic E-state index is -0.712. The number of carbonyl (C=O) groups is 1. The standard InChI is InChI=1S/C28H20ClN3O4S2/c1-2-35-27(34)23-24(17-7-4-3-5-8-17)31-28-32(25(23)21-9-6-14-37-21)26(33)22(38-28)16-18-15-19(29)10-11-20(18)36-13-12-30/h3-11,14-16,25H,2,13H2,1H3/b22-16-/t25-/m0/s1. The van der Waals surface area contributed by atoms with Crippen molar-refractivity contribution >= 4 is 52.0 Å². The van der Waals surface area contributed by atoms with Crippen molar-refractivity contribution in [1.82, 2.24) is 4.57 Å². The molecule has 0 saturated carbocycles. The van der Waals surface area contributed by atoms with E-state index in [1.807, 2.05) is 53.9 Å². The highest BCUT2D eigenvalue weighted by Crippen LogP contribution is 2.36. The van der Waals surface area contributed by atoms with Crippen LogP contribution in [0.3, 0.4) is 0 Å². The van der Waals surface area contributed by atoms with Gasteiger partial charge in [-0.2, -0.15) is 5.26 Å². The molecule has 0 unspecified atom stereocenters. The van der Waals surface area contributed by atoms with Crippen molar-refractivity contribution in [2.45, 2.75) is 13.0 Å². The molecule has 38 heavy (non-hydrogen) atoms. The number of hydrogen-bond acceptors (Lipinski definition) is 8. The van der Waals surface area contributed by atoms with E-state index in [2.05, 4.69) is 0 Å². The quantitative estimate of drug-likeness (QED) is 0.309. The minimum absolute atomic E-state index is 0.147. The molecule has 5 rings (SSSR count). The number of nitrogens with zero attached hydrogens (tertiary/aromatic N) is 3. The smallest absolute Gasteiger partial charge is 0.338 e. The zero-order chi connectivity index (χ0) is 26.6. The van der Waals surface area contributed by atoms with Crippen LogP contribution in [0.5, 0.6) is 5.75 Å². The maximum atomic E-state index is 13.9. The predicted molar refractivity (Wildman–Crippen MR) is 148 cm³/mol. The number of thiophene rings is 1. The third-order valence-electron chi connectivity index (χ3n) is 5.74. The van der Waals surface area contributed by atoms with E-state index in [0.29, 0.717) is 36.9 Å². The second-order valence-corrected chi connectivity index (χ2v) is 10.5. The molecule has 2 aromatic heterocycles. The Morgan fingerprint density at radius 1 is 1.21 bits per heavy atom. The Kier molecular flexibility index (Phi) is 7.56. The van der Waals surface area contributed by atoms with Crippen LogP contribution in [-0.4, -0.2) is 23.8 Å². The van der Waals surface area contributed by atoms with E-state index in [1.54, 1.807) is 35.8 Å². The molecule has 3 heterocycles. The fraction of sp³-hybridized carbons (Fsp3) is 0.143. The summed E-state index contributed by atoms with van der Waals surface area (Å²) in [5.74, 6) is -0.0985. The number of esters is 1. The Labute approximate surface area is 230 Å². The van der Waals surface area contributed by atoms with Gasteiger partial charge in [0.15, 0.2) is 11.4 Å². The topological polar surface area (TPSA) is 93.7 Å². The van der Waals surface area contributed by atoms with Crippen molar-refractivity contribution in [3.8, 4) is 11.8 Å². The molecule has 1 aliphatic heterocycles. The van der Waals surface area contributed by atoms with Gasteiger partial charge < -0.3 is 9.47 Å². The fourth-order valence-corrected chi connectivity index (χ4v) is 6.17. The highest BCUT2D eigenvalue weighted by atomic mass is 35.5. The van der Waals surface area contributed by atoms with E-state index in [0.717, 1.165) is 10.4 Å². The molecule has 10 heteroatoms. The highest BCUT2D eigenvalue weighted by Gasteiger charge is 2.35. The van der Waals surface area contributed by atoms with Crippen molar-refractivity contribution in [2.75, 3.05) is 13.2 Å². The lowest BCUT2D eigenvalue weighted by Crippen LogP contribution is -2.39. The van der Waals surface area contributed by atoms with Crippen LogP contribution in [0.2, 0.25) is 5.02 Å². The van der Waals surface area contributed by atoms with Gasteiger partial charge in [-0.05, 0) is 42.6 Å². The van der Waals surface area contributed by atoms with Crippen molar-refractivity contribution in [2.24, 2.45) is 4.99 Å². The predicted octanol–water partition coefficient (Wildman–Crippen LogP) is 4.55. The molecule has 0 amide bonds. The van der Waals surface area contributed by atoms with Crippen LogP contribution in [0.4, 0.5) is 0 Å². The molecule has 0 spiro atoms. The van der Waals surface area contributed by atoms with E-state index >= 15 is 0 Å². The van der Waals surface area contributed by atoms with Gasteiger partial charge in [-0.15, -0.1) is 11.3 Å². The van der Waals surface area contributed by atoms with Crippen LogP contribution in [-0.2, 0) is 9.53 Å². The summed E-state index contributed by atoms with van der Waals surface area (Å²) in [4.78, 5) is 33.3. The summed E-state index contributed by atoms with van der Waals surface area (Å²) in [6.07, 6.45) is 1.67. The summed E-state index contributed by atoms with van der Waals surface area (Å²) < 4.78 is 12.9. The number of hydrogen-bond donors (Lipinski definition) is 0. The first-order valence-electron chi connectivity index (χ1n) is 11.6. The van der Waals surface area contributed by atoms with E-state index in [1.165, 1.54) is 22.7 Å². The Morgan fingerprint density at radius 3 is 2.74 bits per heavy atom. The zero-order valence-electron chi connectivity index (χ0n) is 20.1. The number of fused-ring (bicyclic) bond motifs is 1. The van der Waals surface area contributed by atoms with E-state index in [-0.39, 0.29) is 18.8 Å². The Balaban J connectivity index is 1.79. The molecule has 190 valence electrons. The summed E-state index contributed by atoms with van der Waals surface area (Å²) in [5.41, 5.74) is 1.76. The van der Waals surface area contributed by atoms with Crippen LogP contribution >= 0.6 is 34.3 Å². The number of rotatable bonds is 7. The maximum absolute atomic E-state index is 13.9. The first kappa shape index (κ1) is 25.7. The average Bonchev–Trinajstić information content (AvgIpc) is 3.56. The largest absolute Gasteiger partial charge is 0.478 e. The lowest BCUT2D eigenvalue weighted by molar-refractivity contribution is -0.138. The average molecular weight is 562 g/mol. The van der Waals surface area contributed by atoms with Gasteiger partial charge >= 0.3 is 5.97 Å². The SMILES string of the molecule is CCOC(=O)C1=C(c2ccccc2)N=c2s/c(=C\c3cc(Cl)ccc3OCC#N)c(=O)n2[C@H]1c1cccs1. The zero-order valence-corrected chi connectivity index (χ0v) is 22.5. The molecule has 4 aromatic rings. The molecule has 0 radical (unpaired) electrons. The van der Waals surface area contributed by atoms with Crippen molar-refractivity contribution in [1.29, 1.82) is 5.26 Å². The lowest BCUT2D eigenvalue weighted by atomic mass is 9.97. The van der Waals surface area contributed by atoms with Gasteiger partial charge in [0, 0.05) is 21.0 Å². The molecule has 0 N–H and O–H groups in total. The summed E-state index contributed by atoms with van der Waals surface area (Å²) in [6, 6.07) is 19.4. The van der Waals surface area contributed by atoms with Crippen molar-refractivity contribution in [3.63, 3.8) is 0 Å². The van der Waals surface area contributed by atoms with E-state index in [9.17, 15) is 9.59 Å². The Hall–Kier alpha value is -3.97.